The summed E-state index contributed by atoms with van der Waals surface area (Å²) in [4.78, 5) is 28.8. The first-order valence-corrected chi connectivity index (χ1v) is 11.6. The van der Waals surface area contributed by atoms with Gasteiger partial charge in [-0.3, -0.25) is 14.5 Å². The Morgan fingerprint density at radius 1 is 1.15 bits per heavy atom. The number of thioether (sulfide) groups is 1. The molecule has 3 rings (SSSR count). The van der Waals surface area contributed by atoms with Crippen molar-refractivity contribution in [3.05, 3.63) is 53.6 Å². The summed E-state index contributed by atoms with van der Waals surface area (Å²) in [5.74, 6) is 1.71. The van der Waals surface area contributed by atoms with Gasteiger partial charge < -0.3 is 19.7 Å². The predicted octanol–water partition coefficient (Wildman–Crippen LogP) is 3.56. The third-order valence-corrected chi connectivity index (χ3v) is 5.94. The summed E-state index contributed by atoms with van der Waals surface area (Å²) in [6, 6.07) is 11.6. The number of halogens is 2. The van der Waals surface area contributed by atoms with Gasteiger partial charge in [-0.15, -0.1) is 0 Å². The van der Waals surface area contributed by atoms with Crippen molar-refractivity contribution in [3.8, 4) is 11.5 Å². The van der Waals surface area contributed by atoms with E-state index in [9.17, 15) is 18.4 Å². The molecule has 0 unspecified atom stereocenters. The molecule has 33 heavy (non-hydrogen) atoms. The van der Waals surface area contributed by atoms with Gasteiger partial charge in [-0.2, -0.15) is 20.5 Å². The molecule has 1 aliphatic rings. The first-order chi connectivity index (χ1) is 15.9. The van der Waals surface area contributed by atoms with E-state index in [1.807, 2.05) is 16.7 Å². The largest absolute Gasteiger partial charge is 0.493 e. The van der Waals surface area contributed by atoms with E-state index < -0.39 is 6.61 Å². The molecule has 1 aliphatic heterocycles. The van der Waals surface area contributed by atoms with Crippen LogP contribution in [0, 0.1) is 0 Å². The molecule has 1 heterocycles. The number of carbonyl (C=O) groups is 2. The second-order valence-corrected chi connectivity index (χ2v) is 8.79. The Morgan fingerprint density at radius 3 is 2.61 bits per heavy atom. The van der Waals surface area contributed by atoms with Crippen molar-refractivity contribution in [1.82, 2.24) is 9.80 Å². The Bertz CT molecular complexity index is 970. The fraction of sp³-hybridized carbons (Fsp3) is 0.391. The smallest absolute Gasteiger partial charge is 0.387 e. The fourth-order valence-electron chi connectivity index (χ4n) is 3.50. The fourth-order valence-corrected chi connectivity index (χ4v) is 4.40. The minimum atomic E-state index is -2.96. The van der Waals surface area contributed by atoms with E-state index >= 15 is 0 Å². The van der Waals surface area contributed by atoms with Gasteiger partial charge in [0, 0.05) is 42.4 Å². The lowest BCUT2D eigenvalue weighted by Crippen LogP contribution is -2.37. The standard InChI is InChI=1S/C23H27F2N3O4S/c1-27(14-16-6-7-19(31-2)20(12-16)32-23(24)25)15-21(29)26-18-5-3-4-17(13-18)22(30)28-8-10-33-11-9-28/h3-7,12-13,23H,8-11,14-15H2,1-2H3,(H,26,29). The van der Waals surface area contributed by atoms with Crippen molar-refractivity contribution in [2.24, 2.45) is 0 Å². The van der Waals surface area contributed by atoms with Gasteiger partial charge in [0.15, 0.2) is 11.5 Å². The highest BCUT2D eigenvalue weighted by molar-refractivity contribution is 7.99. The van der Waals surface area contributed by atoms with Gasteiger partial charge in [-0.05, 0) is 42.9 Å². The van der Waals surface area contributed by atoms with E-state index in [-0.39, 0.29) is 29.9 Å². The molecule has 10 heteroatoms. The molecule has 178 valence electrons. The zero-order valence-electron chi connectivity index (χ0n) is 18.6. The topological polar surface area (TPSA) is 71.1 Å². The number of amides is 2. The third-order valence-electron chi connectivity index (χ3n) is 5.00. The second kappa shape index (κ2) is 11.9. The molecule has 0 saturated carbocycles. The first kappa shape index (κ1) is 24.8. The number of rotatable bonds is 9. The zero-order valence-corrected chi connectivity index (χ0v) is 19.4. The maximum atomic E-state index is 12.7. The zero-order chi connectivity index (χ0) is 23.8. The molecule has 0 spiro atoms. The lowest BCUT2D eigenvalue weighted by atomic mass is 10.1. The van der Waals surface area contributed by atoms with E-state index in [4.69, 9.17) is 4.74 Å². The lowest BCUT2D eigenvalue weighted by molar-refractivity contribution is -0.117. The number of nitrogens with zero attached hydrogens (tertiary/aromatic N) is 2. The molecule has 7 nitrogen and oxygen atoms in total. The average molecular weight is 480 g/mol. The van der Waals surface area contributed by atoms with Gasteiger partial charge in [0.25, 0.3) is 5.91 Å². The number of methoxy groups -OCH3 is 1. The van der Waals surface area contributed by atoms with E-state index in [0.717, 1.165) is 24.6 Å². The monoisotopic (exact) mass is 479 g/mol. The number of nitrogens with one attached hydrogen (secondary N) is 1. The molecular weight excluding hydrogens is 452 g/mol. The van der Waals surface area contributed by atoms with Crippen molar-refractivity contribution < 1.29 is 27.8 Å². The highest BCUT2D eigenvalue weighted by Gasteiger charge is 2.19. The summed E-state index contributed by atoms with van der Waals surface area (Å²) in [6.07, 6.45) is 0. The molecular formula is C23H27F2N3O4S. The van der Waals surface area contributed by atoms with Crippen LogP contribution in [0.1, 0.15) is 15.9 Å². The number of anilines is 1. The molecule has 1 saturated heterocycles. The van der Waals surface area contributed by atoms with E-state index in [1.165, 1.54) is 13.2 Å². The molecule has 0 atom stereocenters. The Morgan fingerprint density at radius 2 is 1.91 bits per heavy atom. The van der Waals surface area contributed by atoms with Crippen LogP contribution in [0.15, 0.2) is 42.5 Å². The third kappa shape index (κ3) is 7.33. The Labute approximate surface area is 196 Å². The Balaban J connectivity index is 1.57. The number of hydrogen-bond donors (Lipinski definition) is 1. The predicted molar refractivity (Wildman–Crippen MR) is 124 cm³/mol. The SMILES string of the molecule is COc1ccc(CN(C)CC(=O)Nc2cccc(C(=O)N3CCSCC3)c2)cc1OC(F)F. The number of benzene rings is 2. The summed E-state index contributed by atoms with van der Waals surface area (Å²) < 4.78 is 34.8. The van der Waals surface area contributed by atoms with E-state index in [0.29, 0.717) is 23.4 Å². The number of hydrogen-bond acceptors (Lipinski definition) is 6. The van der Waals surface area contributed by atoms with Crippen molar-refractivity contribution in [2.75, 3.05) is 50.6 Å². The van der Waals surface area contributed by atoms with Gasteiger partial charge in [-0.25, -0.2) is 0 Å². The van der Waals surface area contributed by atoms with Crippen LogP contribution in [-0.2, 0) is 11.3 Å². The van der Waals surface area contributed by atoms with Crippen LogP contribution >= 0.6 is 11.8 Å². The Hall–Kier alpha value is -2.85. The Kier molecular flexibility index (Phi) is 8.90. The number of ether oxygens (including phenoxy) is 2. The van der Waals surface area contributed by atoms with Crippen LogP contribution in [0.2, 0.25) is 0 Å². The van der Waals surface area contributed by atoms with E-state index in [1.54, 1.807) is 48.3 Å². The molecule has 2 aromatic rings. The molecule has 1 fully saturated rings. The maximum Gasteiger partial charge on any atom is 0.387 e. The van der Waals surface area contributed by atoms with E-state index in [2.05, 4.69) is 10.1 Å². The van der Waals surface area contributed by atoms with Crippen LogP contribution in [0.3, 0.4) is 0 Å². The lowest BCUT2D eigenvalue weighted by Gasteiger charge is -2.26. The van der Waals surface area contributed by atoms with Crippen LogP contribution in [-0.4, -0.2) is 73.5 Å². The molecule has 0 aliphatic carbocycles. The minimum absolute atomic E-state index is 0.0372. The summed E-state index contributed by atoms with van der Waals surface area (Å²) >= 11 is 1.83. The summed E-state index contributed by atoms with van der Waals surface area (Å²) in [7, 11) is 3.11. The van der Waals surface area contributed by atoms with Crippen LogP contribution in [0.25, 0.3) is 0 Å². The normalized spacial score (nSPS) is 13.8. The first-order valence-electron chi connectivity index (χ1n) is 10.4. The summed E-state index contributed by atoms with van der Waals surface area (Å²) in [5.41, 5.74) is 1.77. The second-order valence-electron chi connectivity index (χ2n) is 7.57. The number of carbonyl (C=O) groups excluding carboxylic acids is 2. The van der Waals surface area contributed by atoms with Gasteiger partial charge >= 0.3 is 6.61 Å². The van der Waals surface area contributed by atoms with Gasteiger partial charge in [0.1, 0.15) is 0 Å². The molecule has 0 radical (unpaired) electrons. The van der Waals surface area contributed by atoms with Gasteiger partial charge in [0.05, 0.1) is 13.7 Å². The quantitative estimate of drug-likeness (QED) is 0.593. The van der Waals surface area contributed by atoms with Crippen molar-refractivity contribution >= 4 is 29.3 Å². The highest BCUT2D eigenvalue weighted by atomic mass is 32.2. The molecule has 2 amide bonds. The van der Waals surface area contributed by atoms with Crippen molar-refractivity contribution in [3.63, 3.8) is 0 Å². The number of likely N-dealkylation sites (N-methyl/N-ethyl adjacent to an activating group) is 1. The van der Waals surface area contributed by atoms with Crippen LogP contribution < -0.4 is 14.8 Å². The molecule has 1 N–H and O–H groups in total. The highest BCUT2D eigenvalue weighted by Crippen LogP contribution is 2.29. The van der Waals surface area contributed by atoms with Crippen molar-refractivity contribution in [1.29, 1.82) is 0 Å². The molecule has 2 aromatic carbocycles. The molecule has 0 bridgehead atoms. The van der Waals surface area contributed by atoms with Crippen LogP contribution in [0.4, 0.5) is 14.5 Å². The van der Waals surface area contributed by atoms with Gasteiger partial charge in [0.2, 0.25) is 5.91 Å². The average Bonchev–Trinajstić information content (AvgIpc) is 2.79. The van der Waals surface area contributed by atoms with Crippen molar-refractivity contribution in [2.45, 2.75) is 13.2 Å². The maximum absolute atomic E-state index is 12.7. The minimum Gasteiger partial charge on any atom is -0.493 e. The summed E-state index contributed by atoms with van der Waals surface area (Å²) in [5, 5.41) is 2.81. The summed E-state index contributed by atoms with van der Waals surface area (Å²) in [6.45, 7) is -1.11. The van der Waals surface area contributed by atoms with Gasteiger partial charge in [-0.1, -0.05) is 12.1 Å². The van der Waals surface area contributed by atoms with Crippen LogP contribution in [0.5, 0.6) is 11.5 Å². The number of alkyl halides is 2. The molecule has 0 aromatic heterocycles.